The van der Waals surface area contributed by atoms with Crippen LogP contribution in [0.1, 0.15) is 84.5 Å². The molecule has 2 aliphatic rings. The van der Waals surface area contributed by atoms with Crippen LogP contribution in [0.4, 0.5) is 0 Å². The van der Waals surface area contributed by atoms with Crippen LogP contribution < -0.4 is 0 Å². The van der Waals surface area contributed by atoms with Crippen LogP contribution in [0.5, 0.6) is 0 Å². The first kappa shape index (κ1) is 15.2. The number of unbranched alkanes of at least 4 members (excludes halogenated alkanes) is 2. The standard InChI is InChI=1S/C15H28O4/c1-3-5-10-14(11-6-4-2)16-18-15(19-17-14)12-8-7-9-13-15/h3-13H2,1-2H3. The fourth-order valence-corrected chi connectivity index (χ4v) is 2.77. The van der Waals surface area contributed by atoms with Gasteiger partial charge in [0.05, 0.1) is 0 Å². The molecule has 0 radical (unpaired) electrons. The summed E-state index contributed by atoms with van der Waals surface area (Å²) in [6, 6.07) is 0. The Morgan fingerprint density at radius 1 is 0.737 bits per heavy atom. The van der Waals surface area contributed by atoms with Gasteiger partial charge in [0.1, 0.15) is 0 Å². The quantitative estimate of drug-likeness (QED) is 0.660. The first-order valence-electron chi connectivity index (χ1n) is 7.98. The molecule has 1 aliphatic carbocycles. The second kappa shape index (κ2) is 7.02. The van der Waals surface area contributed by atoms with Gasteiger partial charge in [-0.15, -0.1) is 0 Å². The molecule has 2 fully saturated rings. The number of hydrogen-bond acceptors (Lipinski definition) is 4. The van der Waals surface area contributed by atoms with Crippen molar-refractivity contribution in [1.82, 2.24) is 0 Å². The smallest absolute Gasteiger partial charge is 0.195 e. The molecule has 0 amide bonds. The Labute approximate surface area is 116 Å². The van der Waals surface area contributed by atoms with E-state index >= 15 is 0 Å². The highest BCUT2D eigenvalue weighted by molar-refractivity contribution is 4.76. The summed E-state index contributed by atoms with van der Waals surface area (Å²) < 4.78 is 0. The monoisotopic (exact) mass is 272 g/mol. The molecule has 0 aromatic heterocycles. The summed E-state index contributed by atoms with van der Waals surface area (Å²) in [5, 5.41) is 0. The summed E-state index contributed by atoms with van der Waals surface area (Å²) in [6.07, 6.45) is 11.2. The summed E-state index contributed by atoms with van der Waals surface area (Å²) in [5.41, 5.74) is 0. The summed E-state index contributed by atoms with van der Waals surface area (Å²) in [5.74, 6) is -1.32. The Hall–Kier alpha value is -0.160. The summed E-state index contributed by atoms with van der Waals surface area (Å²) in [4.78, 5) is 22.8. The van der Waals surface area contributed by atoms with E-state index in [9.17, 15) is 0 Å². The molecule has 1 saturated heterocycles. The molecular weight excluding hydrogens is 244 g/mol. The van der Waals surface area contributed by atoms with E-state index in [0.717, 1.165) is 64.2 Å². The van der Waals surface area contributed by atoms with Gasteiger partial charge in [-0.2, -0.15) is 19.6 Å². The van der Waals surface area contributed by atoms with Gasteiger partial charge in [0.2, 0.25) is 11.6 Å². The minimum Gasteiger partial charge on any atom is -0.195 e. The summed E-state index contributed by atoms with van der Waals surface area (Å²) >= 11 is 0. The van der Waals surface area contributed by atoms with E-state index in [0.29, 0.717) is 0 Å². The summed E-state index contributed by atoms with van der Waals surface area (Å²) in [7, 11) is 0. The van der Waals surface area contributed by atoms with Crippen LogP contribution in [0.3, 0.4) is 0 Å². The fraction of sp³-hybridized carbons (Fsp3) is 1.00. The normalized spacial score (nSPS) is 25.6. The van der Waals surface area contributed by atoms with Crippen molar-refractivity contribution in [3.05, 3.63) is 0 Å². The van der Waals surface area contributed by atoms with Crippen LogP contribution in [0.2, 0.25) is 0 Å². The highest BCUT2D eigenvalue weighted by Crippen LogP contribution is 2.42. The van der Waals surface area contributed by atoms with Crippen molar-refractivity contribution in [2.75, 3.05) is 0 Å². The zero-order valence-electron chi connectivity index (χ0n) is 12.4. The molecule has 4 nitrogen and oxygen atoms in total. The van der Waals surface area contributed by atoms with Crippen LogP contribution in [0.25, 0.3) is 0 Å². The molecule has 0 unspecified atom stereocenters. The molecule has 1 aliphatic heterocycles. The first-order chi connectivity index (χ1) is 9.24. The zero-order valence-corrected chi connectivity index (χ0v) is 12.4. The fourth-order valence-electron chi connectivity index (χ4n) is 2.77. The van der Waals surface area contributed by atoms with Crippen molar-refractivity contribution in [2.24, 2.45) is 0 Å². The van der Waals surface area contributed by atoms with E-state index in [1.807, 2.05) is 0 Å². The molecule has 4 heteroatoms. The molecule has 2 rings (SSSR count). The zero-order chi connectivity index (χ0) is 13.6. The van der Waals surface area contributed by atoms with E-state index in [1.165, 1.54) is 6.42 Å². The average Bonchev–Trinajstić information content (AvgIpc) is 2.47. The number of hydrogen-bond donors (Lipinski definition) is 0. The highest BCUT2D eigenvalue weighted by atomic mass is 17.4. The van der Waals surface area contributed by atoms with Crippen molar-refractivity contribution < 1.29 is 19.6 Å². The van der Waals surface area contributed by atoms with Gasteiger partial charge in [0, 0.05) is 25.7 Å². The third-order valence-corrected chi connectivity index (χ3v) is 4.13. The maximum absolute atomic E-state index is 5.72. The van der Waals surface area contributed by atoms with Crippen molar-refractivity contribution in [3.63, 3.8) is 0 Å². The lowest BCUT2D eigenvalue weighted by Gasteiger charge is -2.44. The van der Waals surface area contributed by atoms with Gasteiger partial charge >= 0.3 is 0 Å². The van der Waals surface area contributed by atoms with Gasteiger partial charge in [-0.05, 0) is 25.7 Å². The SMILES string of the molecule is CCCCC1(CCCC)OOC2(CCCCC2)OO1. The van der Waals surface area contributed by atoms with Crippen LogP contribution in [-0.2, 0) is 19.6 Å². The Balaban J connectivity index is 1.91. The van der Waals surface area contributed by atoms with Gasteiger partial charge in [-0.3, -0.25) is 0 Å². The molecule has 112 valence electrons. The third-order valence-electron chi connectivity index (χ3n) is 4.13. The van der Waals surface area contributed by atoms with E-state index < -0.39 is 11.6 Å². The maximum atomic E-state index is 5.72. The second-order valence-electron chi connectivity index (χ2n) is 5.92. The molecule has 19 heavy (non-hydrogen) atoms. The van der Waals surface area contributed by atoms with E-state index in [4.69, 9.17) is 19.6 Å². The van der Waals surface area contributed by atoms with Crippen LogP contribution >= 0.6 is 0 Å². The van der Waals surface area contributed by atoms with Crippen molar-refractivity contribution in [3.8, 4) is 0 Å². The predicted octanol–water partition coefficient (Wildman–Crippen LogP) is 4.63. The Bertz CT molecular complexity index is 241. The lowest BCUT2D eigenvalue weighted by Crippen LogP contribution is -2.51. The molecule has 1 heterocycles. The lowest BCUT2D eigenvalue weighted by molar-refractivity contribution is -0.661. The Morgan fingerprint density at radius 2 is 1.26 bits per heavy atom. The van der Waals surface area contributed by atoms with Crippen molar-refractivity contribution in [1.29, 1.82) is 0 Å². The topological polar surface area (TPSA) is 36.9 Å². The van der Waals surface area contributed by atoms with Crippen LogP contribution in [-0.4, -0.2) is 11.6 Å². The van der Waals surface area contributed by atoms with Crippen molar-refractivity contribution in [2.45, 2.75) is 96.1 Å². The van der Waals surface area contributed by atoms with Gasteiger partial charge in [-0.1, -0.05) is 33.1 Å². The summed E-state index contributed by atoms with van der Waals surface area (Å²) in [6.45, 7) is 4.33. The minimum atomic E-state index is -0.686. The minimum absolute atomic E-state index is 0.639. The Kier molecular flexibility index (Phi) is 5.63. The largest absolute Gasteiger partial charge is 0.234 e. The van der Waals surface area contributed by atoms with Gasteiger partial charge < -0.3 is 0 Å². The van der Waals surface area contributed by atoms with Crippen LogP contribution in [0.15, 0.2) is 0 Å². The average molecular weight is 272 g/mol. The molecule has 0 aromatic carbocycles. The van der Waals surface area contributed by atoms with Gasteiger partial charge in [0.25, 0.3) is 0 Å². The molecule has 0 atom stereocenters. The first-order valence-corrected chi connectivity index (χ1v) is 7.98. The number of rotatable bonds is 6. The lowest BCUT2D eigenvalue weighted by atomic mass is 9.94. The molecule has 0 N–H and O–H groups in total. The van der Waals surface area contributed by atoms with Crippen LogP contribution in [0, 0.1) is 0 Å². The van der Waals surface area contributed by atoms with E-state index in [2.05, 4.69) is 13.8 Å². The maximum Gasteiger partial charge on any atom is 0.234 e. The molecule has 0 bridgehead atoms. The van der Waals surface area contributed by atoms with E-state index in [1.54, 1.807) is 0 Å². The molecular formula is C15H28O4. The highest BCUT2D eigenvalue weighted by Gasteiger charge is 2.48. The predicted molar refractivity (Wildman–Crippen MR) is 71.9 cm³/mol. The van der Waals surface area contributed by atoms with Gasteiger partial charge in [0.15, 0.2) is 0 Å². The molecule has 0 aromatic rings. The third kappa shape index (κ3) is 3.91. The molecule has 1 spiro atoms. The van der Waals surface area contributed by atoms with Gasteiger partial charge in [-0.25, -0.2) is 0 Å². The molecule has 1 saturated carbocycles. The Morgan fingerprint density at radius 3 is 1.74 bits per heavy atom. The van der Waals surface area contributed by atoms with Crippen molar-refractivity contribution >= 4 is 0 Å². The second-order valence-corrected chi connectivity index (χ2v) is 5.92. The van der Waals surface area contributed by atoms with E-state index in [-0.39, 0.29) is 0 Å².